The van der Waals surface area contributed by atoms with E-state index >= 15 is 0 Å². The van der Waals surface area contributed by atoms with Crippen molar-refractivity contribution >= 4 is 11.9 Å². The molecule has 0 heterocycles. The number of nitrogens with one attached hydrogen (secondary N) is 1. The number of carboxylic acids is 1. The van der Waals surface area contributed by atoms with Gasteiger partial charge in [0, 0.05) is 6.04 Å². The van der Waals surface area contributed by atoms with Crippen LogP contribution in [-0.4, -0.2) is 23.0 Å². The lowest BCUT2D eigenvalue weighted by molar-refractivity contribution is -0.155. The molecule has 17 heavy (non-hydrogen) atoms. The largest absolute Gasteiger partial charge is 0.480 e. The topological polar surface area (TPSA) is 66.4 Å². The Morgan fingerprint density at radius 2 is 1.82 bits per heavy atom. The Morgan fingerprint density at radius 3 is 2.12 bits per heavy atom. The van der Waals surface area contributed by atoms with Crippen LogP contribution in [0.5, 0.6) is 0 Å². The number of carbonyl (C=O) groups is 2. The van der Waals surface area contributed by atoms with Crippen LogP contribution in [0.1, 0.15) is 33.1 Å². The molecule has 0 aliphatic rings. The van der Waals surface area contributed by atoms with E-state index in [4.69, 9.17) is 0 Å². The summed E-state index contributed by atoms with van der Waals surface area (Å²) in [6.45, 7) is 10.8. The Kier molecular flexibility index (Phi) is 6.25. The third kappa shape index (κ3) is 3.73. The third-order valence-corrected chi connectivity index (χ3v) is 2.82. The smallest absolute Gasteiger partial charge is 0.319 e. The van der Waals surface area contributed by atoms with Gasteiger partial charge in [-0.15, -0.1) is 13.2 Å². The van der Waals surface area contributed by atoms with Gasteiger partial charge in [-0.05, 0) is 26.2 Å². The van der Waals surface area contributed by atoms with E-state index in [2.05, 4.69) is 18.5 Å². The normalized spacial score (nSPS) is 12.6. The molecule has 0 aromatic carbocycles. The van der Waals surface area contributed by atoms with Crippen LogP contribution < -0.4 is 5.32 Å². The predicted octanol–water partition coefficient (Wildman–Crippen LogP) is 2.12. The number of carbonyl (C=O) groups excluding carboxylic acids is 1. The van der Waals surface area contributed by atoms with Gasteiger partial charge in [-0.1, -0.05) is 19.1 Å². The van der Waals surface area contributed by atoms with E-state index in [1.165, 1.54) is 12.2 Å². The first kappa shape index (κ1) is 15.4. The molecule has 4 nitrogen and oxygen atoms in total. The average Bonchev–Trinajstić information content (AvgIpc) is 2.27. The highest BCUT2D eigenvalue weighted by molar-refractivity contribution is 6.02. The van der Waals surface area contributed by atoms with Gasteiger partial charge < -0.3 is 10.4 Å². The maximum absolute atomic E-state index is 12.1. The second kappa shape index (κ2) is 6.89. The summed E-state index contributed by atoms with van der Waals surface area (Å²) in [5, 5.41) is 12.0. The standard InChI is InChI=1S/C13H21NO3/c1-5-8-13(9-6-2,12(16)17)11(15)14-10(4)7-3/h5-6,10H,1-2,7-9H2,3-4H3,(H,14,15)(H,16,17). The van der Waals surface area contributed by atoms with Crippen molar-refractivity contribution in [3.05, 3.63) is 25.3 Å². The van der Waals surface area contributed by atoms with Crippen molar-refractivity contribution in [3.8, 4) is 0 Å². The number of amides is 1. The lowest BCUT2D eigenvalue weighted by Gasteiger charge is -2.27. The van der Waals surface area contributed by atoms with Crippen LogP contribution in [0, 0.1) is 5.41 Å². The van der Waals surface area contributed by atoms with Crippen molar-refractivity contribution in [1.29, 1.82) is 0 Å². The van der Waals surface area contributed by atoms with Gasteiger partial charge in [0.15, 0.2) is 5.41 Å². The van der Waals surface area contributed by atoms with E-state index in [1.807, 2.05) is 13.8 Å². The summed E-state index contributed by atoms with van der Waals surface area (Å²) < 4.78 is 0. The van der Waals surface area contributed by atoms with Gasteiger partial charge >= 0.3 is 5.97 Å². The van der Waals surface area contributed by atoms with Crippen LogP contribution in [-0.2, 0) is 9.59 Å². The molecular weight excluding hydrogens is 218 g/mol. The quantitative estimate of drug-likeness (QED) is 0.503. The van der Waals surface area contributed by atoms with Crippen LogP contribution in [0.15, 0.2) is 25.3 Å². The predicted molar refractivity (Wildman–Crippen MR) is 67.6 cm³/mol. The van der Waals surface area contributed by atoms with Crippen LogP contribution in [0.3, 0.4) is 0 Å². The monoisotopic (exact) mass is 239 g/mol. The van der Waals surface area contributed by atoms with Crippen molar-refractivity contribution in [2.45, 2.75) is 39.2 Å². The lowest BCUT2D eigenvalue weighted by atomic mass is 9.80. The maximum atomic E-state index is 12.1. The second-order valence-corrected chi connectivity index (χ2v) is 4.16. The highest BCUT2D eigenvalue weighted by Crippen LogP contribution is 2.29. The summed E-state index contributed by atoms with van der Waals surface area (Å²) in [4.78, 5) is 23.4. The molecule has 1 amide bonds. The Balaban J connectivity index is 5.12. The van der Waals surface area contributed by atoms with E-state index in [9.17, 15) is 14.7 Å². The summed E-state index contributed by atoms with van der Waals surface area (Å²) >= 11 is 0. The second-order valence-electron chi connectivity index (χ2n) is 4.16. The zero-order valence-electron chi connectivity index (χ0n) is 10.5. The summed E-state index contributed by atoms with van der Waals surface area (Å²) in [6, 6.07) is -0.0455. The summed E-state index contributed by atoms with van der Waals surface area (Å²) in [7, 11) is 0. The van der Waals surface area contributed by atoms with Crippen molar-refractivity contribution < 1.29 is 14.7 Å². The van der Waals surface area contributed by atoms with Crippen molar-refractivity contribution in [2.75, 3.05) is 0 Å². The Labute approximate surface area is 102 Å². The number of allylic oxidation sites excluding steroid dienone is 2. The third-order valence-electron chi connectivity index (χ3n) is 2.82. The van der Waals surface area contributed by atoms with E-state index in [-0.39, 0.29) is 18.9 Å². The fourth-order valence-electron chi connectivity index (χ4n) is 1.50. The maximum Gasteiger partial charge on any atom is 0.319 e. The molecule has 0 spiro atoms. The molecule has 0 bridgehead atoms. The number of aliphatic carboxylic acids is 1. The zero-order valence-corrected chi connectivity index (χ0v) is 10.5. The van der Waals surface area contributed by atoms with E-state index in [0.29, 0.717) is 0 Å². The number of hydrogen-bond donors (Lipinski definition) is 2. The zero-order chi connectivity index (χ0) is 13.5. The molecule has 2 N–H and O–H groups in total. The molecule has 0 aromatic rings. The van der Waals surface area contributed by atoms with Crippen molar-refractivity contribution in [2.24, 2.45) is 5.41 Å². The van der Waals surface area contributed by atoms with Gasteiger partial charge in [-0.2, -0.15) is 0 Å². The molecule has 0 rings (SSSR count). The number of hydrogen-bond acceptors (Lipinski definition) is 2. The van der Waals surface area contributed by atoms with E-state index < -0.39 is 17.3 Å². The summed E-state index contributed by atoms with van der Waals surface area (Å²) in [6.07, 6.45) is 3.85. The highest BCUT2D eigenvalue weighted by atomic mass is 16.4. The van der Waals surface area contributed by atoms with Gasteiger partial charge in [0.2, 0.25) is 5.91 Å². The van der Waals surface area contributed by atoms with Crippen LogP contribution in [0.2, 0.25) is 0 Å². The molecule has 0 fully saturated rings. The molecule has 0 aliphatic carbocycles. The summed E-state index contributed by atoms with van der Waals surface area (Å²) in [5.74, 6) is -1.61. The minimum Gasteiger partial charge on any atom is -0.480 e. The van der Waals surface area contributed by atoms with Gasteiger partial charge in [0.25, 0.3) is 0 Å². The summed E-state index contributed by atoms with van der Waals surface area (Å²) in [5.41, 5.74) is -1.48. The Morgan fingerprint density at radius 1 is 1.35 bits per heavy atom. The van der Waals surface area contributed by atoms with Crippen LogP contribution in [0.4, 0.5) is 0 Å². The van der Waals surface area contributed by atoms with Crippen LogP contribution in [0.25, 0.3) is 0 Å². The number of carboxylic acid groups (broad SMARTS) is 1. The first-order chi connectivity index (χ1) is 7.94. The first-order valence-electron chi connectivity index (χ1n) is 5.70. The Bertz CT molecular complexity index is 300. The highest BCUT2D eigenvalue weighted by Gasteiger charge is 2.44. The van der Waals surface area contributed by atoms with E-state index in [0.717, 1.165) is 6.42 Å². The van der Waals surface area contributed by atoms with Crippen molar-refractivity contribution in [3.63, 3.8) is 0 Å². The van der Waals surface area contributed by atoms with Gasteiger partial charge in [-0.25, -0.2) is 0 Å². The molecule has 1 atom stereocenters. The SMILES string of the molecule is C=CCC(CC=C)(C(=O)O)C(=O)NC(C)CC. The fraction of sp³-hybridized carbons (Fsp3) is 0.538. The van der Waals surface area contributed by atoms with Gasteiger partial charge in [0.1, 0.15) is 0 Å². The molecule has 0 saturated heterocycles. The van der Waals surface area contributed by atoms with Gasteiger partial charge in [-0.3, -0.25) is 9.59 Å². The van der Waals surface area contributed by atoms with Gasteiger partial charge in [0.05, 0.1) is 0 Å². The minimum absolute atomic E-state index is 0.0455. The van der Waals surface area contributed by atoms with Crippen molar-refractivity contribution in [1.82, 2.24) is 5.32 Å². The lowest BCUT2D eigenvalue weighted by Crippen LogP contribution is -2.48. The van der Waals surface area contributed by atoms with Crippen LogP contribution >= 0.6 is 0 Å². The molecule has 0 radical (unpaired) electrons. The molecule has 0 aromatic heterocycles. The Hall–Kier alpha value is -1.58. The molecular formula is C13H21NO3. The molecule has 96 valence electrons. The number of rotatable bonds is 8. The minimum atomic E-state index is -1.48. The molecule has 0 saturated carbocycles. The molecule has 1 unspecified atom stereocenters. The molecule has 4 heteroatoms. The average molecular weight is 239 g/mol. The van der Waals surface area contributed by atoms with E-state index in [1.54, 1.807) is 0 Å². The molecule has 0 aliphatic heterocycles. The first-order valence-corrected chi connectivity index (χ1v) is 5.70. The fourth-order valence-corrected chi connectivity index (χ4v) is 1.50.